The lowest BCUT2D eigenvalue weighted by molar-refractivity contribution is 0.0913. The molecule has 3 rings (SSSR count). The van der Waals surface area contributed by atoms with E-state index >= 15 is 0 Å². The monoisotopic (exact) mass is 390 g/mol. The van der Waals surface area contributed by atoms with Crippen molar-refractivity contribution in [3.05, 3.63) is 65.2 Å². The molecule has 1 amide bonds. The third-order valence-corrected chi connectivity index (χ3v) is 4.77. The second kappa shape index (κ2) is 7.03. The fraction of sp³-hybridized carbons (Fsp3) is 0.211. The fourth-order valence-electron chi connectivity index (χ4n) is 2.92. The van der Waals surface area contributed by atoms with Gasteiger partial charge in [0.2, 0.25) is 10.0 Å². The summed E-state index contributed by atoms with van der Waals surface area (Å²) in [5, 5.41) is 3.33. The van der Waals surface area contributed by atoms with Crippen LogP contribution in [-0.4, -0.2) is 20.6 Å². The van der Waals surface area contributed by atoms with Crippen molar-refractivity contribution in [2.45, 2.75) is 19.9 Å². The molecule has 0 saturated heterocycles. The highest BCUT2D eigenvalue weighted by Crippen LogP contribution is 2.28. The van der Waals surface area contributed by atoms with Crippen LogP contribution in [0.5, 0.6) is 0 Å². The van der Waals surface area contributed by atoms with Crippen LogP contribution in [0.2, 0.25) is 0 Å². The Kier molecular flexibility index (Phi) is 4.93. The van der Waals surface area contributed by atoms with Gasteiger partial charge in [0.1, 0.15) is 11.4 Å². The van der Waals surface area contributed by atoms with Crippen LogP contribution in [0.1, 0.15) is 34.6 Å². The lowest BCUT2D eigenvalue weighted by Gasteiger charge is -2.18. The van der Waals surface area contributed by atoms with Crippen LogP contribution in [-0.2, 0) is 10.0 Å². The van der Waals surface area contributed by atoms with Crippen LogP contribution in [0.15, 0.2) is 46.9 Å². The van der Waals surface area contributed by atoms with Gasteiger partial charge < -0.3 is 9.73 Å². The van der Waals surface area contributed by atoms with E-state index in [1.54, 1.807) is 38.1 Å². The first-order chi connectivity index (χ1) is 12.7. The summed E-state index contributed by atoms with van der Waals surface area (Å²) >= 11 is 0. The third-order valence-electron chi connectivity index (χ3n) is 4.17. The van der Waals surface area contributed by atoms with E-state index in [0.29, 0.717) is 27.8 Å². The summed E-state index contributed by atoms with van der Waals surface area (Å²) in [4.78, 5) is 12.7. The lowest BCUT2D eigenvalue weighted by Crippen LogP contribution is -2.27. The van der Waals surface area contributed by atoms with E-state index in [9.17, 15) is 17.6 Å². The fourth-order valence-corrected chi connectivity index (χ4v) is 3.50. The molecule has 6 nitrogen and oxygen atoms in total. The minimum atomic E-state index is -3.46. The van der Waals surface area contributed by atoms with Crippen molar-refractivity contribution < 1.29 is 22.0 Å². The molecule has 0 radical (unpaired) electrons. The molecule has 0 fully saturated rings. The number of carbonyl (C=O) groups is 1. The second-order valence-corrected chi connectivity index (χ2v) is 8.10. The largest absolute Gasteiger partial charge is 0.451 e. The van der Waals surface area contributed by atoms with E-state index in [1.807, 2.05) is 0 Å². The lowest BCUT2D eigenvalue weighted by atomic mass is 10.1. The Hall–Kier alpha value is -2.87. The zero-order valence-electron chi connectivity index (χ0n) is 15.0. The molecule has 0 saturated carbocycles. The Morgan fingerprint density at radius 1 is 1.19 bits per heavy atom. The normalized spacial score (nSPS) is 12.7. The van der Waals surface area contributed by atoms with E-state index in [0.717, 1.165) is 6.26 Å². The average Bonchev–Trinajstić information content (AvgIpc) is 2.90. The van der Waals surface area contributed by atoms with Crippen LogP contribution < -0.4 is 10.0 Å². The van der Waals surface area contributed by atoms with Crippen LogP contribution in [0.3, 0.4) is 0 Å². The number of rotatable bonds is 5. The van der Waals surface area contributed by atoms with Crippen LogP contribution >= 0.6 is 0 Å². The van der Waals surface area contributed by atoms with Gasteiger partial charge in [-0.1, -0.05) is 18.2 Å². The van der Waals surface area contributed by atoms with Gasteiger partial charge in [0.05, 0.1) is 18.0 Å². The highest BCUT2D eigenvalue weighted by Gasteiger charge is 2.21. The number of amides is 1. The minimum absolute atomic E-state index is 0.0935. The number of furan rings is 1. The molecule has 0 bridgehead atoms. The molecule has 3 aromatic rings. The number of carbonyl (C=O) groups excluding carboxylic acids is 1. The molecular formula is C19H19FN2O4S. The summed E-state index contributed by atoms with van der Waals surface area (Å²) in [5.41, 5.74) is 1.95. The van der Waals surface area contributed by atoms with E-state index in [4.69, 9.17) is 4.42 Å². The van der Waals surface area contributed by atoms with Crippen molar-refractivity contribution in [2.24, 2.45) is 0 Å². The van der Waals surface area contributed by atoms with Gasteiger partial charge in [-0.25, -0.2) is 12.8 Å². The highest BCUT2D eigenvalue weighted by molar-refractivity contribution is 7.92. The van der Waals surface area contributed by atoms with Gasteiger partial charge in [0, 0.05) is 10.9 Å². The molecule has 0 aliphatic rings. The number of anilines is 1. The summed E-state index contributed by atoms with van der Waals surface area (Å²) in [6.45, 7) is 3.42. The summed E-state index contributed by atoms with van der Waals surface area (Å²) in [6, 6.07) is 10.4. The second-order valence-electron chi connectivity index (χ2n) is 6.35. The number of hydrogen-bond acceptors (Lipinski definition) is 4. The number of nitrogens with one attached hydrogen (secondary N) is 2. The SMILES string of the molecule is Cc1c(C(=O)NC(C)c2ccccc2NS(C)(=O)=O)oc2ccc(F)cc12. The smallest absolute Gasteiger partial charge is 0.287 e. The zero-order chi connectivity index (χ0) is 19.8. The molecule has 0 aliphatic heterocycles. The summed E-state index contributed by atoms with van der Waals surface area (Å²) in [5.74, 6) is -0.783. The predicted octanol–water partition coefficient (Wildman–Crippen LogP) is 3.74. The maximum absolute atomic E-state index is 13.4. The first kappa shape index (κ1) is 18.9. The van der Waals surface area contributed by atoms with Crippen molar-refractivity contribution in [2.75, 3.05) is 11.0 Å². The Bertz CT molecular complexity index is 1120. The zero-order valence-corrected chi connectivity index (χ0v) is 15.9. The van der Waals surface area contributed by atoms with E-state index in [2.05, 4.69) is 10.0 Å². The van der Waals surface area contributed by atoms with E-state index in [1.165, 1.54) is 18.2 Å². The molecule has 8 heteroatoms. The van der Waals surface area contributed by atoms with E-state index in [-0.39, 0.29) is 5.76 Å². The Balaban J connectivity index is 1.88. The molecule has 1 aromatic heterocycles. The van der Waals surface area contributed by atoms with Crippen molar-refractivity contribution in [1.82, 2.24) is 5.32 Å². The predicted molar refractivity (Wildman–Crippen MR) is 102 cm³/mol. The van der Waals surface area contributed by atoms with Crippen LogP contribution in [0.4, 0.5) is 10.1 Å². The Labute approximate surface area is 156 Å². The number of hydrogen-bond donors (Lipinski definition) is 2. The standard InChI is InChI=1S/C19H19FN2O4S/c1-11-15-10-13(20)8-9-17(15)26-18(11)19(23)21-12(2)14-6-4-5-7-16(14)22-27(3,24)25/h4-10,12,22H,1-3H3,(H,21,23). The third kappa shape index (κ3) is 4.11. The highest BCUT2D eigenvalue weighted by atomic mass is 32.2. The summed E-state index contributed by atoms with van der Waals surface area (Å²) in [7, 11) is -3.46. The van der Waals surface area contributed by atoms with Crippen molar-refractivity contribution >= 4 is 32.6 Å². The van der Waals surface area contributed by atoms with Gasteiger partial charge in [0.15, 0.2) is 5.76 Å². The summed E-state index contributed by atoms with van der Waals surface area (Å²) < 4.78 is 44.5. The number of halogens is 1. The first-order valence-electron chi connectivity index (χ1n) is 8.22. The summed E-state index contributed by atoms with van der Waals surface area (Å²) in [6.07, 6.45) is 1.06. The molecule has 0 aliphatic carbocycles. The Morgan fingerprint density at radius 2 is 1.89 bits per heavy atom. The Morgan fingerprint density at radius 3 is 2.59 bits per heavy atom. The van der Waals surface area contributed by atoms with Gasteiger partial charge in [-0.3, -0.25) is 9.52 Å². The molecular weight excluding hydrogens is 371 g/mol. The minimum Gasteiger partial charge on any atom is -0.451 e. The van der Waals surface area contributed by atoms with Gasteiger partial charge in [0.25, 0.3) is 5.91 Å². The van der Waals surface area contributed by atoms with Crippen molar-refractivity contribution in [3.8, 4) is 0 Å². The van der Waals surface area contributed by atoms with Crippen molar-refractivity contribution in [1.29, 1.82) is 0 Å². The van der Waals surface area contributed by atoms with Crippen molar-refractivity contribution in [3.63, 3.8) is 0 Å². The topological polar surface area (TPSA) is 88.4 Å². The van der Waals surface area contributed by atoms with E-state index < -0.39 is 27.8 Å². The molecule has 1 atom stereocenters. The quantitative estimate of drug-likeness (QED) is 0.695. The van der Waals surface area contributed by atoms with Gasteiger partial charge in [-0.2, -0.15) is 0 Å². The molecule has 142 valence electrons. The number of aryl methyl sites for hydroxylation is 1. The maximum atomic E-state index is 13.4. The molecule has 2 N–H and O–H groups in total. The molecule has 27 heavy (non-hydrogen) atoms. The maximum Gasteiger partial charge on any atom is 0.287 e. The molecule has 0 spiro atoms. The first-order valence-corrected chi connectivity index (χ1v) is 10.1. The van der Waals surface area contributed by atoms with Gasteiger partial charge >= 0.3 is 0 Å². The van der Waals surface area contributed by atoms with Crippen LogP contribution in [0, 0.1) is 12.7 Å². The average molecular weight is 390 g/mol. The number of sulfonamides is 1. The molecule has 1 heterocycles. The number of para-hydroxylation sites is 1. The van der Waals surface area contributed by atoms with Gasteiger partial charge in [-0.15, -0.1) is 0 Å². The number of fused-ring (bicyclic) bond motifs is 1. The van der Waals surface area contributed by atoms with Gasteiger partial charge in [-0.05, 0) is 43.7 Å². The number of benzene rings is 2. The van der Waals surface area contributed by atoms with Crippen LogP contribution in [0.25, 0.3) is 11.0 Å². The molecule has 2 aromatic carbocycles. The molecule has 1 unspecified atom stereocenters.